The molecule has 1 amide bonds. The van der Waals surface area contributed by atoms with Gasteiger partial charge < -0.3 is 16.9 Å². The lowest BCUT2D eigenvalue weighted by Crippen LogP contribution is -2.22. The molecule has 0 atom stereocenters. The summed E-state index contributed by atoms with van der Waals surface area (Å²) >= 11 is 0. The van der Waals surface area contributed by atoms with E-state index in [0.29, 0.717) is 16.9 Å². The monoisotopic (exact) mass is 194 g/mol. The van der Waals surface area contributed by atoms with Gasteiger partial charge in [0.1, 0.15) is 0 Å². The predicted octanol–water partition coefficient (Wildman–Crippen LogP) is 0.256. The molecule has 0 aliphatic carbocycles. The number of hydrogen-bond acceptors (Lipinski definition) is 4. The van der Waals surface area contributed by atoms with Gasteiger partial charge in [-0.3, -0.25) is 4.79 Å². The van der Waals surface area contributed by atoms with Crippen LogP contribution in [0.25, 0.3) is 0 Å². The first-order valence-electron chi connectivity index (χ1n) is 4.14. The molecule has 0 aromatic heterocycles. The number of hydrogen-bond donors (Lipinski definition) is 3. The Labute approximate surface area is 82.6 Å². The van der Waals surface area contributed by atoms with Gasteiger partial charge in [0.05, 0.1) is 16.9 Å². The van der Waals surface area contributed by atoms with Crippen molar-refractivity contribution in [3.05, 3.63) is 23.8 Å². The van der Waals surface area contributed by atoms with Crippen LogP contribution in [0, 0.1) is 0 Å². The van der Waals surface area contributed by atoms with Crippen molar-refractivity contribution in [2.75, 3.05) is 25.3 Å². The van der Waals surface area contributed by atoms with E-state index in [1.807, 2.05) is 14.1 Å². The molecule has 0 heterocycles. The summed E-state index contributed by atoms with van der Waals surface area (Å²) in [5.41, 5.74) is 15.2. The number of hydrazine groups is 1. The van der Waals surface area contributed by atoms with Crippen molar-refractivity contribution < 1.29 is 4.79 Å². The molecule has 0 aliphatic heterocycles. The SMILES string of the molecule is CN(C)Nc1cccc(C(N)=O)c1N. The number of carbonyl (C=O) groups excluding carboxylic acids is 1. The number of nitrogens with one attached hydrogen (secondary N) is 1. The van der Waals surface area contributed by atoms with E-state index < -0.39 is 5.91 Å². The zero-order chi connectivity index (χ0) is 10.7. The Balaban J connectivity index is 3.07. The Morgan fingerprint density at radius 2 is 2.07 bits per heavy atom. The van der Waals surface area contributed by atoms with Crippen LogP contribution < -0.4 is 16.9 Å². The van der Waals surface area contributed by atoms with Gasteiger partial charge in [0, 0.05) is 14.1 Å². The minimum Gasteiger partial charge on any atom is -0.396 e. The highest BCUT2D eigenvalue weighted by molar-refractivity contribution is 6.00. The molecule has 0 fully saturated rings. The second kappa shape index (κ2) is 3.97. The fourth-order valence-electron chi connectivity index (χ4n) is 1.12. The van der Waals surface area contributed by atoms with E-state index in [0.717, 1.165) is 0 Å². The molecule has 0 aliphatic rings. The molecule has 0 bridgehead atoms. The molecule has 76 valence electrons. The Kier molecular flexibility index (Phi) is 2.93. The number of benzene rings is 1. The molecular formula is C9H14N4O. The van der Waals surface area contributed by atoms with Crippen LogP contribution in [-0.2, 0) is 0 Å². The van der Waals surface area contributed by atoms with Gasteiger partial charge in [0.25, 0.3) is 5.91 Å². The Hall–Kier alpha value is -1.75. The van der Waals surface area contributed by atoms with Crippen LogP contribution in [0.5, 0.6) is 0 Å². The molecule has 0 saturated carbocycles. The number of carbonyl (C=O) groups is 1. The maximum Gasteiger partial charge on any atom is 0.250 e. The van der Waals surface area contributed by atoms with Crippen molar-refractivity contribution in [2.24, 2.45) is 5.73 Å². The fourth-order valence-corrected chi connectivity index (χ4v) is 1.12. The number of primary amides is 1. The van der Waals surface area contributed by atoms with Gasteiger partial charge in [-0.05, 0) is 12.1 Å². The normalized spacial score (nSPS) is 10.2. The number of rotatable bonds is 3. The smallest absolute Gasteiger partial charge is 0.250 e. The lowest BCUT2D eigenvalue weighted by molar-refractivity contribution is 0.100. The lowest BCUT2D eigenvalue weighted by Gasteiger charge is -2.16. The van der Waals surface area contributed by atoms with Crippen LogP contribution >= 0.6 is 0 Å². The van der Waals surface area contributed by atoms with Crippen molar-refractivity contribution >= 4 is 17.3 Å². The second-order valence-electron chi connectivity index (χ2n) is 3.14. The van der Waals surface area contributed by atoms with Crippen LogP contribution in [0.3, 0.4) is 0 Å². The number of amides is 1. The summed E-state index contributed by atoms with van der Waals surface area (Å²) in [4.78, 5) is 11.0. The van der Waals surface area contributed by atoms with Gasteiger partial charge in [0.15, 0.2) is 0 Å². The van der Waals surface area contributed by atoms with Crippen molar-refractivity contribution in [1.29, 1.82) is 0 Å². The van der Waals surface area contributed by atoms with E-state index >= 15 is 0 Å². The summed E-state index contributed by atoms with van der Waals surface area (Å²) in [6.07, 6.45) is 0. The number of anilines is 2. The fraction of sp³-hybridized carbons (Fsp3) is 0.222. The van der Waals surface area contributed by atoms with E-state index in [1.165, 1.54) is 0 Å². The van der Waals surface area contributed by atoms with Gasteiger partial charge in [-0.1, -0.05) is 6.07 Å². The minimum atomic E-state index is -0.523. The standard InChI is InChI=1S/C9H14N4O/c1-13(2)12-7-5-3-4-6(8(7)10)9(11)14/h3-5,12H,10H2,1-2H3,(H2,11,14). The highest BCUT2D eigenvalue weighted by atomic mass is 16.1. The minimum absolute atomic E-state index is 0.330. The number of nitrogen functional groups attached to an aromatic ring is 1. The molecule has 0 unspecified atom stereocenters. The first kappa shape index (κ1) is 10.3. The number of para-hydroxylation sites is 1. The van der Waals surface area contributed by atoms with Gasteiger partial charge >= 0.3 is 0 Å². The second-order valence-corrected chi connectivity index (χ2v) is 3.14. The van der Waals surface area contributed by atoms with Crippen LogP contribution in [0.15, 0.2) is 18.2 Å². The van der Waals surface area contributed by atoms with E-state index in [1.54, 1.807) is 23.2 Å². The van der Waals surface area contributed by atoms with Crippen molar-refractivity contribution in [3.63, 3.8) is 0 Å². The average molecular weight is 194 g/mol. The van der Waals surface area contributed by atoms with Gasteiger partial charge in [-0.25, -0.2) is 5.01 Å². The molecule has 1 aromatic carbocycles. The zero-order valence-corrected chi connectivity index (χ0v) is 8.24. The molecular weight excluding hydrogens is 180 g/mol. The molecule has 0 saturated heterocycles. The molecule has 5 nitrogen and oxygen atoms in total. The highest BCUT2D eigenvalue weighted by Crippen LogP contribution is 2.22. The summed E-state index contributed by atoms with van der Waals surface area (Å²) in [5, 5.41) is 1.73. The predicted molar refractivity (Wildman–Crippen MR) is 56.7 cm³/mol. The third-order valence-electron chi connectivity index (χ3n) is 1.72. The zero-order valence-electron chi connectivity index (χ0n) is 8.24. The largest absolute Gasteiger partial charge is 0.396 e. The average Bonchev–Trinajstić information content (AvgIpc) is 2.07. The van der Waals surface area contributed by atoms with Gasteiger partial charge in [-0.15, -0.1) is 0 Å². The molecule has 14 heavy (non-hydrogen) atoms. The van der Waals surface area contributed by atoms with E-state index in [-0.39, 0.29) is 0 Å². The maximum atomic E-state index is 11.0. The van der Waals surface area contributed by atoms with Crippen LogP contribution in [0.2, 0.25) is 0 Å². The van der Waals surface area contributed by atoms with E-state index in [9.17, 15) is 4.79 Å². The summed E-state index contributed by atoms with van der Waals surface area (Å²) in [7, 11) is 3.66. The summed E-state index contributed by atoms with van der Waals surface area (Å²) in [5.74, 6) is -0.523. The first-order valence-corrected chi connectivity index (χ1v) is 4.14. The van der Waals surface area contributed by atoms with Crippen molar-refractivity contribution in [2.45, 2.75) is 0 Å². The number of nitrogens with two attached hydrogens (primary N) is 2. The molecule has 5 N–H and O–H groups in total. The van der Waals surface area contributed by atoms with Crippen molar-refractivity contribution in [1.82, 2.24) is 5.01 Å². The highest BCUT2D eigenvalue weighted by Gasteiger charge is 2.08. The summed E-state index contributed by atoms with van der Waals surface area (Å²) < 4.78 is 0. The van der Waals surface area contributed by atoms with Crippen LogP contribution in [0.1, 0.15) is 10.4 Å². The molecule has 5 heteroatoms. The first-order chi connectivity index (χ1) is 6.52. The summed E-state index contributed by atoms with van der Waals surface area (Å²) in [6, 6.07) is 5.10. The van der Waals surface area contributed by atoms with Gasteiger partial charge in [0.2, 0.25) is 0 Å². The maximum absolute atomic E-state index is 11.0. The van der Waals surface area contributed by atoms with Crippen LogP contribution in [0.4, 0.5) is 11.4 Å². The topological polar surface area (TPSA) is 84.4 Å². The Bertz CT molecular complexity index is 349. The van der Waals surface area contributed by atoms with Crippen LogP contribution in [-0.4, -0.2) is 25.0 Å². The molecule has 0 spiro atoms. The van der Waals surface area contributed by atoms with E-state index in [2.05, 4.69) is 5.43 Å². The lowest BCUT2D eigenvalue weighted by atomic mass is 10.1. The third kappa shape index (κ3) is 2.14. The summed E-state index contributed by atoms with van der Waals surface area (Å²) in [6.45, 7) is 0. The molecule has 1 aromatic rings. The van der Waals surface area contributed by atoms with Crippen molar-refractivity contribution in [3.8, 4) is 0 Å². The third-order valence-corrected chi connectivity index (χ3v) is 1.72. The van der Waals surface area contributed by atoms with E-state index in [4.69, 9.17) is 11.5 Å². The van der Waals surface area contributed by atoms with Gasteiger partial charge in [-0.2, -0.15) is 0 Å². The Morgan fingerprint density at radius 1 is 1.43 bits per heavy atom. The molecule has 0 radical (unpaired) electrons. The number of nitrogens with zero attached hydrogens (tertiary/aromatic N) is 1. The Morgan fingerprint density at radius 3 is 2.57 bits per heavy atom. The molecule has 1 rings (SSSR count). The quantitative estimate of drug-likeness (QED) is 0.476.